The van der Waals surface area contributed by atoms with Gasteiger partial charge in [0.1, 0.15) is 18.1 Å². The summed E-state index contributed by atoms with van der Waals surface area (Å²) < 4.78 is 5.77. The fourth-order valence-electron chi connectivity index (χ4n) is 2.05. The van der Waals surface area contributed by atoms with Crippen molar-refractivity contribution in [2.45, 2.75) is 20.5 Å². The molecule has 5 N–H and O–H groups in total. The number of nitrogens with zero attached hydrogens (tertiary/aromatic N) is 2. The van der Waals surface area contributed by atoms with Gasteiger partial charge in [0.05, 0.1) is 5.71 Å². The van der Waals surface area contributed by atoms with Gasteiger partial charge in [-0.3, -0.25) is 0 Å². The van der Waals surface area contributed by atoms with Crippen molar-refractivity contribution >= 4 is 24.1 Å². The van der Waals surface area contributed by atoms with Crippen LogP contribution in [0.25, 0.3) is 0 Å². The number of hydrogen-bond donors (Lipinski definition) is 3. The number of hydrogen-bond acceptors (Lipinski definition) is 4. The first-order chi connectivity index (χ1) is 11.0. The predicted molar refractivity (Wildman–Crippen MR) is 98.9 cm³/mol. The van der Waals surface area contributed by atoms with Crippen LogP contribution in [-0.4, -0.2) is 16.8 Å². The Hall–Kier alpha value is -2.73. The molecule has 0 atom stereocenters. The highest BCUT2D eigenvalue weighted by Gasteiger charge is 2.12. The third-order valence-corrected chi connectivity index (χ3v) is 3.32. The lowest BCUT2D eigenvalue weighted by Gasteiger charge is -2.13. The summed E-state index contributed by atoms with van der Waals surface area (Å²) in [5, 5.41) is 17.8. The van der Waals surface area contributed by atoms with Gasteiger partial charge in [0.15, 0.2) is 0 Å². The molecule has 0 unspecified atom stereocenters. The lowest BCUT2D eigenvalue weighted by atomic mass is 10.1. The van der Waals surface area contributed by atoms with Gasteiger partial charge >= 0.3 is 0 Å². The maximum Gasteiger partial charge on any atom is 0.211 e. The van der Waals surface area contributed by atoms with E-state index < -0.39 is 0 Å². The van der Waals surface area contributed by atoms with Crippen molar-refractivity contribution in [1.29, 1.82) is 0 Å². The van der Waals surface area contributed by atoms with Crippen molar-refractivity contribution in [3.63, 3.8) is 0 Å². The zero-order valence-corrected chi connectivity index (χ0v) is 14.4. The van der Waals surface area contributed by atoms with Crippen LogP contribution in [0.2, 0.25) is 0 Å². The number of phenolic OH excluding ortho intramolecular Hbond substituents is 1. The number of halogens is 1. The maximum atomic E-state index is 10.3. The molecule has 0 spiro atoms. The molecule has 2 aromatic rings. The number of benzene rings is 2. The van der Waals surface area contributed by atoms with E-state index in [2.05, 4.69) is 10.2 Å². The molecule has 2 rings (SSSR count). The van der Waals surface area contributed by atoms with E-state index in [4.69, 9.17) is 16.2 Å². The normalized spacial score (nSPS) is 10.7. The second kappa shape index (κ2) is 8.79. The molecule has 7 heteroatoms. The second-order valence-corrected chi connectivity index (χ2v) is 5.07. The van der Waals surface area contributed by atoms with E-state index >= 15 is 0 Å². The Bertz CT molecular complexity index is 742. The second-order valence-electron chi connectivity index (χ2n) is 5.07. The van der Waals surface area contributed by atoms with Gasteiger partial charge in [-0.05, 0) is 31.5 Å². The highest BCUT2D eigenvalue weighted by Crippen LogP contribution is 2.31. The molecular formula is C17H21ClN4O2. The number of guanidine groups is 1. The topological polar surface area (TPSA) is 106 Å². The summed E-state index contributed by atoms with van der Waals surface area (Å²) in [4.78, 5) is 0. The largest absolute Gasteiger partial charge is 0.507 e. The average molecular weight is 349 g/mol. The minimum atomic E-state index is -0.136. The first kappa shape index (κ1) is 19.3. The van der Waals surface area contributed by atoms with Crippen LogP contribution in [0, 0.1) is 6.92 Å². The lowest BCUT2D eigenvalue weighted by molar-refractivity contribution is 0.302. The average Bonchev–Trinajstić information content (AvgIpc) is 2.55. The summed E-state index contributed by atoms with van der Waals surface area (Å²) in [7, 11) is 0. The lowest BCUT2D eigenvalue weighted by Crippen LogP contribution is -2.22. The number of rotatable bonds is 5. The fourth-order valence-corrected chi connectivity index (χ4v) is 2.05. The highest BCUT2D eigenvalue weighted by atomic mass is 35.5. The zero-order valence-electron chi connectivity index (χ0n) is 13.6. The maximum absolute atomic E-state index is 10.3. The molecule has 0 saturated heterocycles. The van der Waals surface area contributed by atoms with Gasteiger partial charge in [0, 0.05) is 11.1 Å². The molecule has 0 bridgehead atoms. The van der Waals surface area contributed by atoms with E-state index in [1.807, 2.05) is 30.3 Å². The Labute approximate surface area is 147 Å². The fraction of sp³-hybridized carbons (Fsp3) is 0.176. The van der Waals surface area contributed by atoms with E-state index in [1.165, 1.54) is 0 Å². The summed E-state index contributed by atoms with van der Waals surface area (Å²) in [6, 6.07) is 13.3. The van der Waals surface area contributed by atoms with Crippen LogP contribution in [0.5, 0.6) is 11.5 Å². The molecule has 0 fully saturated rings. The van der Waals surface area contributed by atoms with Crippen LogP contribution < -0.4 is 16.2 Å². The molecular weight excluding hydrogens is 328 g/mol. The van der Waals surface area contributed by atoms with Gasteiger partial charge in [0.2, 0.25) is 5.96 Å². The molecule has 0 saturated carbocycles. The van der Waals surface area contributed by atoms with E-state index in [9.17, 15) is 5.11 Å². The molecule has 2 aromatic carbocycles. The Kier molecular flexibility index (Phi) is 7.07. The summed E-state index contributed by atoms with van der Waals surface area (Å²) >= 11 is 0. The van der Waals surface area contributed by atoms with Crippen molar-refractivity contribution in [2.24, 2.45) is 21.7 Å². The first-order valence-corrected chi connectivity index (χ1v) is 7.12. The molecule has 0 aliphatic heterocycles. The molecule has 128 valence electrons. The van der Waals surface area contributed by atoms with E-state index in [0.717, 1.165) is 5.56 Å². The number of phenols is 1. The minimum absolute atomic E-state index is 0. The van der Waals surface area contributed by atoms with E-state index in [-0.39, 0.29) is 24.1 Å². The van der Waals surface area contributed by atoms with Crippen LogP contribution in [0.3, 0.4) is 0 Å². The molecule has 0 heterocycles. The van der Waals surface area contributed by atoms with Crippen molar-refractivity contribution in [3.05, 3.63) is 59.2 Å². The third-order valence-electron chi connectivity index (χ3n) is 3.32. The monoisotopic (exact) mass is 348 g/mol. The van der Waals surface area contributed by atoms with E-state index in [1.54, 1.807) is 26.0 Å². The first-order valence-electron chi connectivity index (χ1n) is 7.12. The quantitative estimate of drug-likeness (QED) is 0.438. The smallest absolute Gasteiger partial charge is 0.211 e. The molecule has 0 radical (unpaired) electrons. The molecule has 0 amide bonds. The van der Waals surface area contributed by atoms with Gasteiger partial charge in [-0.1, -0.05) is 30.3 Å². The molecule has 0 aromatic heterocycles. The van der Waals surface area contributed by atoms with Crippen LogP contribution in [-0.2, 0) is 6.61 Å². The van der Waals surface area contributed by atoms with Crippen molar-refractivity contribution < 1.29 is 9.84 Å². The van der Waals surface area contributed by atoms with Gasteiger partial charge in [-0.15, -0.1) is 17.5 Å². The zero-order chi connectivity index (χ0) is 16.8. The Morgan fingerprint density at radius 3 is 2.38 bits per heavy atom. The van der Waals surface area contributed by atoms with Crippen LogP contribution in [0.1, 0.15) is 23.6 Å². The number of aromatic hydroxyl groups is 1. The van der Waals surface area contributed by atoms with Crippen molar-refractivity contribution in [1.82, 2.24) is 0 Å². The molecule has 0 aliphatic carbocycles. The third kappa shape index (κ3) is 4.89. The van der Waals surface area contributed by atoms with Gasteiger partial charge in [0.25, 0.3) is 0 Å². The molecule has 6 nitrogen and oxygen atoms in total. The molecule has 0 aliphatic rings. The number of ether oxygens (including phenoxy) is 1. The Balaban J connectivity index is 0.00000288. The summed E-state index contributed by atoms with van der Waals surface area (Å²) in [6.45, 7) is 3.93. The summed E-state index contributed by atoms with van der Waals surface area (Å²) in [5.74, 6) is 0.579. The SMILES string of the molecule is C/C(=N/N=C(N)N)c1ccc(OCc2ccccc2)c(C)c1O.Cl. The Morgan fingerprint density at radius 1 is 1.08 bits per heavy atom. The standard InChI is InChI=1S/C17H20N4O2.ClH/c1-11-15(23-10-13-6-4-3-5-7-13)9-8-14(16(11)22)12(2)20-21-17(18)19;/h3-9,22H,10H2,1-2H3,(H4,18,19,21);1H/b20-12-;. The van der Waals surface area contributed by atoms with Crippen LogP contribution in [0.15, 0.2) is 52.7 Å². The summed E-state index contributed by atoms with van der Waals surface area (Å²) in [5.41, 5.74) is 13.2. The van der Waals surface area contributed by atoms with Gasteiger partial charge in [-0.2, -0.15) is 5.10 Å². The molecule has 24 heavy (non-hydrogen) atoms. The predicted octanol–water partition coefficient (Wildman–Crippen LogP) is 2.70. The van der Waals surface area contributed by atoms with Gasteiger partial charge in [-0.25, -0.2) is 0 Å². The minimum Gasteiger partial charge on any atom is -0.507 e. The van der Waals surface area contributed by atoms with Crippen LogP contribution >= 0.6 is 12.4 Å². The van der Waals surface area contributed by atoms with E-state index in [0.29, 0.717) is 29.2 Å². The Morgan fingerprint density at radius 2 is 1.75 bits per heavy atom. The van der Waals surface area contributed by atoms with Crippen molar-refractivity contribution in [3.8, 4) is 11.5 Å². The van der Waals surface area contributed by atoms with Gasteiger partial charge < -0.3 is 21.3 Å². The number of nitrogens with two attached hydrogens (primary N) is 2. The highest BCUT2D eigenvalue weighted by molar-refractivity contribution is 6.01. The summed E-state index contributed by atoms with van der Waals surface area (Å²) in [6.07, 6.45) is 0. The van der Waals surface area contributed by atoms with Crippen molar-refractivity contribution in [2.75, 3.05) is 0 Å². The van der Waals surface area contributed by atoms with Crippen LogP contribution in [0.4, 0.5) is 0 Å².